The van der Waals surface area contributed by atoms with Gasteiger partial charge in [0.2, 0.25) is 0 Å². The van der Waals surface area contributed by atoms with Gasteiger partial charge in [-0.1, -0.05) is 43.9 Å². The number of carbonyl (C=O) groups is 1. The second-order valence-corrected chi connectivity index (χ2v) is 10.3. The van der Waals surface area contributed by atoms with Crippen LogP contribution in [0.4, 0.5) is 0 Å². The number of hydrogen-bond acceptors (Lipinski definition) is 1. The molecule has 4 aliphatic carbocycles. The van der Waals surface area contributed by atoms with Crippen LogP contribution in [0.3, 0.4) is 0 Å². The van der Waals surface area contributed by atoms with Crippen LogP contribution in [-0.4, -0.2) is 11.1 Å². The minimum Gasteiger partial charge on any atom is -0.478 e. The van der Waals surface area contributed by atoms with Gasteiger partial charge in [0.25, 0.3) is 0 Å². The number of aromatic carboxylic acids is 1. The SMILES string of the molecule is CC1(C)C2CC3CC(C2)CC1(c1ccc(C#CC#Cc2cccc(C(=O)O)c2)cc1)C3. The van der Waals surface area contributed by atoms with E-state index in [1.54, 1.807) is 24.3 Å². The molecule has 0 radical (unpaired) electrons. The summed E-state index contributed by atoms with van der Waals surface area (Å²) in [7, 11) is 0. The molecular formula is C29H28O2. The van der Waals surface area contributed by atoms with Crippen molar-refractivity contribution in [1.82, 2.24) is 0 Å². The smallest absolute Gasteiger partial charge is 0.335 e. The van der Waals surface area contributed by atoms with Gasteiger partial charge in [0.15, 0.2) is 0 Å². The predicted octanol–water partition coefficient (Wildman–Crippen LogP) is 5.89. The van der Waals surface area contributed by atoms with E-state index in [-0.39, 0.29) is 5.56 Å². The Morgan fingerprint density at radius 1 is 0.903 bits per heavy atom. The molecule has 2 unspecified atom stereocenters. The molecule has 1 N–H and O–H groups in total. The summed E-state index contributed by atoms with van der Waals surface area (Å²) in [4.78, 5) is 11.1. The van der Waals surface area contributed by atoms with Gasteiger partial charge in [0.1, 0.15) is 0 Å². The van der Waals surface area contributed by atoms with Gasteiger partial charge < -0.3 is 5.11 Å². The van der Waals surface area contributed by atoms with Crippen LogP contribution in [0.15, 0.2) is 48.5 Å². The van der Waals surface area contributed by atoms with Crippen LogP contribution in [0.1, 0.15) is 73.0 Å². The van der Waals surface area contributed by atoms with Gasteiger partial charge in [0.05, 0.1) is 5.56 Å². The zero-order valence-corrected chi connectivity index (χ0v) is 18.2. The lowest BCUT2D eigenvalue weighted by Crippen LogP contribution is -2.59. The number of benzene rings is 2. The molecule has 4 bridgehead atoms. The molecule has 2 heteroatoms. The lowest BCUT2D eigenvalue weighted by molar-refractivity contribution is -0.113. The van der Waals surface area contributed by atoms with Gasteiger partial charge >= 0.3 is 5.97 Å². The third kappa shape index (κ3) is 3.36. The van der Waals surface area contributed by atoms with Crippen molar-refractivity contribution in [3.8, 4) is 23.7 Å². The Morgan fingerprint density at radius 2 is 1.55 bits per heavy atom. The minimum absolute atomic E-state index is 0.239. The second-order valence-electron chi connectivity index (χ2n) is 10.3. The van der Waals surface area contributed by atoms with E-state index in [1.807, 2.05) is 0 Å². The third-order valence-electron chi connectivity index (χ3n) is 8.45. The molecule has 0 amide bonds. The lowest BCUT2D eigenvalue weighted by atomic mass is 9.38. The van der Waals surface area contributed by atoms with Crippen molar-refractivity contribution in [2.45, 2.75) is 51.4 Å². The van der Waals surface area contributed by atoms with Crippen LogP contribution in [0, 0.1) is 46.9 Å². The summed E-state index contributed by atoms with van der Waals surface area (Å²) in [6.45, 7) is 5.02. The highest BCUT2D eigenvalue weighted by Gasteiger charge is 2.61. The molecule has 156 valence electrons. The Bertz CT molecular complexity index is 1130. The number of hydrogen-bond donors (Lipinski definition) is 1. The number of carboxylic acid groups (broad SMARTS) is 1. The van der Waals surface area contributed by atoms with Crippen LogP contribution < -0.4 is 0 Å². The van der Waals surface area contributed by atoms with E-state index < -0.39 is 5.97 Å². The molecule has 2 aromatic rings. The lowest BCUT2D eigenvalue weighted by Gasteiger charge is -2.66. The van der Waals surface area contributed by atoms with Crippen LogP contribution in [0.5, 0.6) is 0 Å². The highest BCUT2D eigenvalue weighted by atomic mass is 16.4. The summed E-state index contributed by atoms with van der Waals surface area (Å²) >= 11 is 0. The van der Waals surface area contributed by atoms with E-state index in [4.69, 9.17) is 5.11 Å². The Labute approximate surface area is 185 Å². The molecule has 0 aliphatic heterocycles. The molecule has 0 spiro atoms. The molecule has 2 nitrogen and oxygen atoms in total. The van der Waals surface area contributed by atoms with Crippen LogP contribution in [0.2, 0.25) is 0 Å². The van der Waals surface area contributed by atoms with E-state index in [0.29, 0.717) is 16.4 Å². The molecule has 31 heavy (non-hydrogen) atoms. The Hall–Kier alpha value is -2.97. The summed E-state index contributed by atoms with van der Waals surface area (Å²) in [5.74, 6) is 13.6. The normalized spacial score (nSPS) is 29.4. The first-order chi connectivity index (χ1) is 14.9. The molecule has 2 atom stereocenters. The Morgan fingerprint density at radius 3 is 2.19 bits per heavy atom. The number of carboxylic acids is 1. The predicted molar refractivity (Wildman–Crippen MR) is 123 cm³/mol. The van der Waals surface area contributed by atoms with Crippen molar-refractivity contribution in [3.63, 3.8) is 0 Å². The summed E-state index contributed by atoms with van der Waals surface area (Å²) in [6, 6.07) is 15.5. The Balaban J connectivity index is 1.36. The zero-order valence-electron chi connectivity index (χ0n) is 18.2. The standard InChI is InChI=1S/C29H28O2/c1-28(2)26-16-22-14-23(17-26)19-29(28,18-22)25-12-10-20(11-13-25)6-3-4-7-21-8-5-9-24(15-21)27(30)31/h5,8-13,15,22-23,26H,14,16-19H2,1-2H3,(H,30,31). The van der Waals surface area contributed by atoms with E-state index >= 15 is 0 Å². The third-order valence-corrected chi connectivity index (χ3v) is 8.45. The van der Waals surface area contributed by atoms with Gasteiger partial charge in [-0.2, -0.15) is 0 Å². The van der Waals surface area contributed by atoms with Crippen LogP contribution in [0.25, 0.3) is 0 Å². The molecule has 4 aliphatic rings. The average Bonchev–Trinajstić information content (AvgIpc) is 2.75. The van der Waals surface area contributed by atoms with Gasteiger partial charge in [-0.05, 0) is 103 Å². The first-order valence-corrected chi connectivity index (χ1v) is 11.3. The molecule has 0 heterocycles. The van der Waals surface area contributed by atoms with Crippen molar-refractivity contribution in [1.29, 1.82) is 0 Å². The average molecular weight is 409 g/mol. The molecule has 0 saturated heterocycles. The molecule has 0 aromatic heterocycles. The summed E-state index contributed by atoms with van der Waals surface area (Å²) in [6.07, 6.45) is 7.01. The summed E-state index contributed by atoms with van der Waals surface area (Å²) in [5.41, 5.74) is 4.06. The first kappa shape index (κ1) is 20.0. The monoisotopic (exact) mass is 408 g/mol. The maximum Gasteiger partial charge on any atom is 0.335 e. The Kier molecular flexibility index (Phi) is 4.71. The summed E-state index contributed by atoms with van der Waals surface area (Å²) < 4.78 is 0. The van der Waals surface area contributed by atoms with E-state index in [0.717, 1.165) is 23.3 Å². The van der Waals surface area contributed by atoms with E-state index in [1.165, 1.54) is 37.7 Å². The van der Waals surface area contributed by atoms with Gasteiger partial charge in [-0.25, -0.2) is 4.79 Å². The maximum absolute atomic E-state index is 11.1. The van der Waals surface area contributed by atoms with Crippen molar-refractivity contribution in [2.24, 2.45) is 23.2 Å². The van der Waals surface area contributed by atoms with E-state index in [2.05, 4.69) is 61.8 Å². The van der Waals surface area contributed by atoms with Crippen LogP contribution in [-0.2, 0) is 5.41 Å². The van der Waals surface area contributed by atoms with Crippen molar-refractivity contribution in [2.75, 3.05) is 0 Å². The van der Waals surface area contributed by atoms with Crippen LogP contribution >= 0.6 is 0 Å². The highest BCUT2D eigenvalue weighted by Crippen LogP contribution is 2.68. The van der Waals surface area contributed by atoms with Gasteiger partial charge in [-0.3, -0.25) is 0 Å². The fraction of sp³-hybridized carbons (Fsp3) is 0.414. The van der Waals surface area contributed by atoms with Crippen molar-refractivity contribution >= 4 is 5.97 Å². The van der Waals surface area contributed by atoms with Gasteiger partial charge in [-0.15, -0.1) is 0 Å². The summed E-state index contributed by atoms with van der Waals surface area (Å²) in [5, 5.41) is 9.07. The molecule has 6 rings (SSSR count). The molecule has 2 aromatic carbocycles. The van der Waals surface area contributed by atoms with Crippen molar-refractivity contribution in [3.05, 3.63) is 70.8 Å². The molecule has 4 fully saturated rings. The molecular weight excluding hydrogens is 380 g/mol. The van der Waals surface area contributed by atoms with Crippen molar-refractivity contribution < 1.29 is 9.90 Å². The zero-order chi connectivity index (χ0) is 21.6. The van der Waals surface area contributed by atoms with E-state index in [9.17, 15) is 4.79 Å². The second kappa shape index (κ2) is 7.32. The minimum atomic E-state index is -0.947. The largest absolute Gasteiger partial charge is 0.478 e. The topological polar surface area (TPSA) is 37.3 Å². The fourth-order valence-corrected chi connectivity index (χ4v) is 6.89. The first-order valence-electron chi connectivity index (χ1n) is 11.3. The maximum atomic E-state index is 11.1. The quantitative estimate of drug-likeness (QED) is 0.629. The highest BCUT2D eigenvalue weighted by molar-refractivity contribution is 5.88. The number of rotatable bonds is 2. The molecule has 4 saturated carbocycles. The van der Waals surface area contributed by atoms with Gasteiger partial charge in [0, 0.05) is 16.5 Å². The fourth-order valence-electron chi connectivity index (χ4n) is 6.89.